The number of nitriles is 2. The first kappa shape index (κ1) is 13.6. The van der Waals surface area contributed by atoms with Gasteiger partial charge in [-0.25, -0.2) is 9.97 Å². The second-order valence-corrected chi connectivity index (χ2v) is 4.00. The molecule has 0 atom stereocenters. The Bertz CT molecular complexity index is 715. The van der Waals surface area contributed by atoms with E-state index in [1.807, 2.05) is 0 Å². The molecule has 0 radical (unpaired) electrons. The fraction of sp³-hybridized carbons (Fsp3) is 0.0769. The number of methoxy groups -OCH3 is 1. The highest BCUT2D eigenvalue weighted by Crippen LogP contribution is 2.24. The molecular formula is C13H8ClN5O. The summed E-state index contributed by atoms with van der Waals surface area (Å²) in [7, 11) is 1.57. The van der Waals surface area contributed by atoms with Crippen molar-refractivity contribution in [3.8, 4) is 17.9 Å². The van der Waals surface area contributed by atoms with E-state index in [1.54, 1.807) is 43.5 Å². The van der Waals surface area contributed by atoms with Gasteiger partial charge < -0.3 is 10.1 Å². The van der Waals surface area contributed by atoms with Crippen molar-refractivity contribution in [3.63, 3.8) is 0 Å². The lowest BCUT2D eigenvalue weighted by molar-refractivity contribution is 0.415. The van der Waals surface area contributed by atoms with Crippen molar-refractivity contribution in [2.45, 2.75) is 0 Å². The number of benzene rings is 1. The van der Waals surface area contributed by atoms with Gasteiger partial charge in [0.1, 0.15) is 17.9 Å². The van der Waals surface area contributed by atoms with Crippen LogP contribution >= 0.6 is 11.6 Å². The summed E-state index contributed by atoms with van der Waals surface area (Å²) in [6.07, 6.45) is 0. The summed E-state index contributed by atoms with van der Waals surface area (Å²) in [6, 6.07) is 10.6. The molecule has 0 aliphatic heterocycles. The number of nitrogens with one attached hydrogen (secondary N) is 1. The third-order valence-electron chi connectivity index (χ3n) is 2.42. The van der Waals surface area contributed by atoms with Gasteiger partial charge in [-0.15, -0.1) is 0 Å². The van der Waals surface area contributed by atoms with E-state index in [4.69, 9.17) is 26.9 Å². The average Bonchev–Trinajstić information content (AvgIpc) is 2.49. The average molecular weight is 286 g/mol. The van der Waals surface area contributed by atoms with Gasteiger partial charge in [-0.1, -0.05) is 11.6 Å². The van der Waals surface area contributed by atoms with Gasteiger partial charge in [0.15, 0.2) is 22.4 Å². The maximum atomic E-state index is 8.91. The zero-order chi connectivity index (χ0) is 14.5. The van der Waals surface area contributed by atoms with Crippen LogP contribution in [0.4, 0.5) is 11.5 Å². The number of nitrogens with zero attached hydrogens (tertiary/aromatic N) is 4. The molecule has 0 fully saturated rings. The molecule has 0 bridgehead atoms. The highest BCUT2D eigenvalue weighted by molar-refractivity contribution is 6.31. The minimum absolute atomic E-state index is 0.0244. The Labute approximate surface area is 120 Å². The fourth-order valence-corrected chi connectivity index (χ4v) is 1.64. The first-order valence-electron chi connectivity index (χ1n) is 5.46. The minimum Gasteiger partial charge on any atom is -0.497 e. The lowest BCUT2D eigenvalue weighted by atomic mass is 10.3. The topological polar surface area (TPSA) is 94.6 Å². The summed E-state index contributed by atoms with van der Waals surface area (Å²) in [5.74, 6) is 0.928. The number of anilines is 2. The van der Waals surface area contributed by atoms with Crippen molar-refractivity contribution in [2.24, 2.45) is 0 Å². The summed E-state index contributed by atoms with van der Waals surface area (Å²) in [5.41, 5.74) is 0.529. The molecule has 2 rings (SSSR count). The number of hydrogen-bond donors (Lipinski definition) is 1. The van der Waals surface area contributed by atoms with Crippen LogP contribution in [0.3, 0.4) is 0 Å². The van der Waals surface area contributed by atoms with Crippen LogP contribution in [0.25, 0.3) is 0 Å². The van der Waals surface area contributed by atoms with Crippen LogP contribution < -0.4 is 10.1 Å². The molecule has 1 N–H and O–H groups in total. The second-order valence-electron chi connectivity index (χ2n) is 3.64. The Balaban J connectivity index is 2.34. The van der Waals surface area contributed by atoms with Crippen molar-refractivity contribution >= 4 is 23.1 Å². The Morgan fingerprint density at radius 2 is 1.70 bits per heavy atom. The van der Waals surface area contributed by atoms with Crippen molar-refractivity contribution in [2.75, 3.05) is 12.4 Å². The molecule has 1 aromatic carbocycles. The van der Waals surface area contributed by atoms with Crippen molar-refractivity contribution in [3.05, 3.63) is 40.8 Å². The standard InChI is InChI=1S/C13H8ClN5O/c1-20-9-4-2-8(3-5-9)17-13-12(14)18-10(6-15)11(7-16)19-13/h2-5H,1H3,(H,17,19). The molecule has 2 aromatic rings. The zero-order valence-corrected chi connectivity index (χ0v) is 11.1. The highest BCUT2D eigenvalue weighted by Gasteiger charge is 2.12. The van der Waals surface area contributed by atoms with E-state index in [0.717, 1.165) is 0 Å². The number of aromatic nitrogens is 2. The van der Waals surface area contributed by atoms with E-state index in [1.165, 1.54) is 0 Å². The Morgan fingerprint density at radius 1 is 1.10 bits per heavy atom. The van der Waals surface area contributed by atoms with Crippen LogP contribution in [0.1, 0.15) is 11.4 Å². The molecule has 0 aliphatic carbocycles. The minimum atomic E-state index is -0.0993. The lowest BCUT2D eigenvalue weighted by Gasteiger charge is -2.08. The first-order valence-corrected chi connectivity index (χ1v) is 5.84. The smallest absolute Gasteiger partial charge is 0.179 e. The second kappa shape index (κ2) is 5.87. The monoisotopic (exact) mass is 285 g/mol. The molecule has 7 heteroatoms. The number of ether oxygens (including phenoxy) is 1. The molecular weight excluding hydrogens is 278 g/mol. The molecule has 0 saturated carbocycles. The number of hydrogen-bond acceptors (Lipinski definition) is 6. The molecule has 6 nitrogen and oxygen atoms in total. The maximum Gasteiger partial charge on any atom is 0.179 e. The van der Waals surface area contributed by atoms with Crippen LogP contribution in [0.5, 0.6) is 5.75 Å². The predicted molar refractivity (Wildman–Crippen MR) is 72.7 cm³/mol. The molecule has 0 unspecified atom stereocenters. The quantitative estimate of drug-likeness (QED) is 0.931. The largest absolute Gasteiger partial charge is 0.497 e. The van der Waals surface area contributed by atoms with Crippen LogP contribution in [-0.2, 0) is 0 Å². The first-order chi connectivity index (χ1) is 9.67. The normalized spacial score (nSPS) is 9.40. The van der Waals surface area contributed by atoms with Gasteiger partial charge in [-0.3, -0.25) is 0 Å². The fourth-order valence-electron chi connectivity index (χ4n) is 1.46. The molecule has 1 aromatic heterocycles. The Kier molecular flexibility index (Phi) is 3.99. The van der Waals surface area contributed by atoms with E-state index in [9.17, 15) is 0 Å². The van der Waals surface area contributed by atoms with Crippen molar-refractivity contribution in [1.29, 1.82) is 10.5 Å². The summed E-state index contributed by atoms with van der Waals surface area (Å²) < 4.78 is 5.05. The van der Waals surface area contributed by atoms with Crippen molar-refractivity contribution < 1.29 is 4.74 Å². The van der Waals surface area contributed by atoms with Gasteiger partial charge in [-0.2, -0.15) is 10.5 Å². The SMILES string of the molecule is COc1ccc(Nc2nc(C#N)c(C#N)nc2Cl)cc1. The Morgan fingerprint density at radius 3 is 2.25 bits per heavy atom. The van der Waals surface area contributed by atoms with Gasteiger partial charge in [0, 0.05) is 5.69 Å². The maximum absolute atomic E-state index is 8.91. The van der Waals surface area contributed by atoms with Gasteiger partial charge >= 0.3 is 0 Å². The summed E-state index contributed by atoms with van der Waals surface area (Å²) >= 11 is 5.92. The summed E-state index contributed by atoms with van der Waals surface area (Å²) in [4.78, 5) is 7.80. The molecule has 0 amide bonds. The summed E-state index contributed by atoms with van der Waals surface area (Å²) in [5, 5.41) is 20.7. The van der Waals surface area contributed by atoms with E-state index in [-0.39, 0.29) is 22.4 Å². The highest BCUT2D eigenvalue weighted by atomic mass is 35.5. The number of rotatable bonds is 3. The van der Waals surface area contributed by atoms with Crippen LogP contribution in [-0.4, -0.2) is 17.1 Å². The van der Waals surface area contributed by atoms with E-state index in [0.29, 0.717) is 11.4 Å². The van der Waals surface area contributed by atoms with Gasteiger partial charge in [-0.05, 0) is 24.3 Å². The molecule has 20 heavy (non-hydrogen) atoms. The lowest BCUT2D eigenvalue weighted by Crippen LogP contribution is -2.01. The molecule has 98 valence electrons. The van der Waals surface area contributed by atoms with Crippen LogP contribution in [0, 0.1) is 22.7 Å². The molecule has 0 spiro atoms. The van der Waals surface area contributed by atoms with E-state index >= 15 is 0 Å². The third kappa shape index (κ3) is 2.77. The third-order valence-corrected chi connectivity index (χ3v) is 2.68. The molecule has 1 heterocycles. The number of halogens is 1. The van der Waals surface area contributed by atoms with Gasteiger partial charge in [0.25, 0.3) is 0 Å². The van der Waals surface area contributed by atoms with E-state index < -0.39 is 0 Å². The zero-order valence-electron chi connectivity index (χ0n) is 10.4. The van der Waals surface area contributed by atoms with Crippen LogP contribution in [0.2, 0.25) is 5.15 Å². The molecule has 0 aliphatic rings. The van der Waals surface area contributed by atoms with Gasteiger partial charge in [0.2, 0.25) is 0 Å². The van der Waals surface area contributed by atoms with E-state index in [2.05, 4.69) is 15.3 Å². The van der Waals surface area contributed by atoms with Gasteiger partial charge in [0.05, 0.1) is 7.11 Å². The van der Waals surface area contributed by atoms with Crippen LogP contribution in [0.15, 0.2) is 24.3 Å². The summed E-state index contributed by atoms with van der Waals surface area (Å²) in [6.45, 7) is 0. The Hall–Kier alpha value is -2.83. The molecule has 0 saturated heterocycles. The predicted octanol–water partition coefficient (Wildman–Crippen LogP) is 2.63. The van der Waals surface area contributed by atoms with Crippen molar-refractivity contribution in [1.82, 2.24) is 9.97 Å².